The standard InChI is InChI=1S/C21H27NO/c1-2-6-21(19-7-4-3-5-8-19)22-15-13-18(14-16-22)17-9-11-20(23)12-10-17/h3-5,7-12,18,21,23H,2,6,13-16H2,1H3. The van der Waals surface area contributed by atoms with Crippen LogP contribution in [0.15, 0.2) is 54.6 Å². The van der Waals surface area contributed by atoms with Crippen molar-refractivity contribution in [2.24, 2.45) is 0 Å². The van der Waals surface area contributed by atoms with Gasteiger partial charge in [-0.2, -0.15) is 0 Å². The van der Waals surface area contributed by atoms with Crippen LogP contribution in [0.2, 0.25) is 0 Å². The second-order valence-electron chi connectivity index (χ2n) is 6.62. The average Bonchev–Trinajstić information content (AvgIpc) is 2.61. The van der Waals surface area contributed by atoms with E-state index in [1.54, 1.807) is 0 Å². The monoisotopic (exact) mass is 309 g/mol. The molecule has 1 unspecified atom stereocenters. The number of phenolic OH excluding ortho intramolecular Hbond substituents is 1. The molecule has 1 aliphatic heterocycles. The van der Waals surface area contributed by atoms with Crippen molar-refractivity contribution in [2.45, 2.75) is 44.6 Å². The summed E-state index contributed by atoms with van der Waals surface area (Å²) in [4.78, 5) is 2.66. The van der Waals surface area contributed by atoms with Crippen molar-refractivity contribution in [3.8, 4) is 5.75 Å². The minimum atomic E-state index is 0.360. The van der Waals surface area contributed by atoms with E-state index < -0.39 is 0 Å². The normalized spacial score (nSPS) is 18.0. The van der Waals surface area contributed by atoms with Crippen LogP contribution in [0.25, 0.3) is 0 Å². The van der Waals surface area contributed by atoms with Gasteiger partial charge in [-0.3, -0.25) is 4.90 Å². The Bertz CT molecular complexity index is 585. The van der Waals surface area contributed by atoms with E-state index in [1.165, 1.54) is 36.8 Å². The molecule has 2 nitrogen and oxygen atoms in total. The second-order valence-corrected chi connectivity index (χ2v) is 6.62. The van der Waals surface area contributed by atoms with E-state index >= 15 is 0 Å². The van der Waals surface area contributed by atoms with Gasteiger partial charge in [0.15, 0.2) is 0 Å². The summed E-state index contributed by atoms with van der Waals surface area (Å²) < 4.78 is 0. The molecule has 122 valence electrons. The Morgan fingerprint density at radius 1 is 1.00 bits per heavy atom. The number of aromatic hydroxyl groups is 1. The summed E-state index contributed by atoms with van der Waals surface area (Å²) in [7, 11) is 0. The fraction of sp³-hybridized carbons (Fsp3) is 0.429. The zero-order valence-electron chi connectivity index (χ0n) is 14.0. The smallest absolute Gasteiger partial charge is 0.115 e. The fourth-order valence-corrected chi connectivity index (χ4v) is 3.80. The quantitative estimate of drug-likeness (QED) is 0.829. The van der Waals surface area contributed by atoms with Crippen LogP contribution in [0.1, 0.15) is 55.7 Å². The molecule has 0 radical (unpaired) electrons. The lowest BCUT2D eigenvalue weighted by Gasteiger charge is -2.38. The molecule has 1 aliphatic rings. The second kappa shape index (κ2) is 7.65. The Morgan fingerprint density at radius 2 is 1.65 bits per heavy atom. The Kier molecular flexibility index (Phi) is 5.35. The maximum Gasteiger partial charge on any atom is 0.115 e. The molecule has 23 heavy (non-hydrogen) atoms. The molecule has 1 heterocycles. The van der Waals surface area contributed by atoms with Gasteiger partial charge in [-0.25, -0.2) is 0 Å². The zero-order chi connectivity index (χ0) is 16.1. The number of hydrogen-bond donors (Lipinski definition) is 1. The third-order valence-corrected chi connectivity index (χ3v) is 5.08. The van der Waals surface area contributed by atoms with Gasteiger partial charge < -0.3 is 5.11 Å². The van der Waals surface area contributed by atoms with E-state index in [0.29, 0.717) is 17.7 Å². The van der Waals surface area contributed by atoms with Crippen molar-refractivity contribution in [3.05, 3.63) is 65.7 Å². The highest BCUT2D eigenvalue weighted by atomic mass is 16.3. The highest BCUT2D eigenvalue weighted by Gasteiger charge is 2.26. The summed E-state index contributed by atoms with van der Waals surface area (Å²) in [5.74, 6) is 0.989. The molecule has 0 aliphatic carbocycles. The molecule has 2 aromatic carbocycles. The third-order valence-electron chi connectivity index (χ3n) is 5.08. The van der Waals surface area contributed by atoms with Crippen molar-refractivity contribution in [2.75, 3.05) is 13.1 Å². The van der Waals surface area contributed by atoms with Gasteiger partial charge in [-0.1, -0.05) is 55.8 Å². The summed E-state index contributed by atoms with van der Waals surface area (Å²) in [5, 5.41) is 9.45. The van der Waals surface area contributed by atoms with E-state index in [-0.39, 0.29) is 0 Å². The predicted molar refractivity (Wildman–Crippen MR) is 95.7 cm³/mol. The number of hydrogen-bond acceptors (Lipinski definition) is 2. The summed E-state index contributed by atoms with van der Waals surface area (Å²) in [6, 6.07) is 19.3. The van der Waals surface area contributed by atoms with Gasteiger partial charge in [-0.05, 0) is 61.5 Å². The van der Waals surface area contributed by atoms with E-state index in [0.717, 1.165) is 13.1 Å². The zero-order valence-corrected chi connectivity index (χ0v) is 14.0. The number of rotatable bonds is 5. The van der Waals surface area contributed by atoms with E-state index in [4.69, 9.17) is 0 Å². The third kappa shape index (κ3) is 3.94. The first-order valence-electron chi connectivity index (χ1n) is 8.86. The van der Waals surface area contributed by atoms with Crippen LogP contribution in [0.5, 0.6) is 5.75 Å². The number of phenols is 1. The van der Waals surface area contributed by atoms with Gasteiger partial charge in [0.25, 0.3) is 0 Å². The predicted octanol–water partition coefficient (Wildman–Crippen LogP) is 5.11. The molecule has 0 saturated carbocycles. The molecular formula is C21H27NO. The molecule has 2 aromatic rings. The van der Waals surface area contributed by atoms with Crippen molar-refractivity contribution >= 4 is 0 Å². The van der Waals surface area contributed by atoms with Crippen LogP contribution in [0.3, 0.4) is 0 Å². The SMILES string of the molecule is CCCC(c1ccccc1)N1CCC(c2ccc(O)cc2)CC1. The van der Waals surface area contributed by atoms with Gasteiger partial charge in [-0.15, -0.1) is 0 Å². The lowest BCUT2D eigenvalue weighted by Crippen LogP contribution is -2.36. The highest BCUT2D eigenvalue weighted by molar-refractivity contribution is 5.28. The molecule has 0 bridgehead atoms. The first-order valence-corrected chi connectivity index (χ1v) is 8.86. The summed E-state index contributed by atoms with van der Waals surface area (Å²) in [5.41, 5.74) is 2.83. The highest BCUT2D eigenvalue weighted by Crippen LogP contribution is 2.34. The number of benzene rings is 2. The molecule has 1 atom stereocenters. The molecule has 3 rings (SSSR count). The maximum atomic E-state index is 9.45. The Labute approximate surface area is 139 Å². The van der Waals surface area contributed by atoms with Crippen molar-refractivity contribution < 1.29 is 5.11 Å². The van der Waals surface area contributed by atoms with Crippen LogP contribution in [-0.4, -0.2) is 23.1 Å². The van der Waals surface area contributed by atoms with Gasteiger partial charge in [0.05, 0.1) is 0 Å². The van der Waals surface area contributed by atoms with Gasteiger partial charge in [0.1, 0.15) is 5.75 Å². The first kappa shape index (κ1) is 16.1. The lowest BCUT2D eigenvalue weighted by molar-refractivity contribution is 0.144. The largest absolute Gasteiger partial charge is 0.508 e. The van der Waals surface area contributed by atoms with Crippen LogP contribution in [-0.2, 0) is 0 Å². The molecule has 1 N–H and O–H groups in total. The minimum Gasteiger partial charge on any atom is -0.508 e. The van der Waals surface area contributed by atoms with Crippen LogP contribution in [0.4, 0.5) is 0 Å². The number of likely N-dealkylation sites (tertiary alicyclic amines) is 1. The minimum absolute atomic E-state index is 0.360. The van der Waals surface area contributed by atoms with Gasteiger partial charge in [0, 0.05) is 6.04 Å². The molecule has 2 heteroatoms. The van der Waals surface area contributed by atoms with Crippen LogP contribution >= 0.6 is 0 Å². The van der Waals surface area contributed by atoms with Crippen LogP contribution in [0, 0.1) is 0 Å². The molecule has 1 fully saturated rings. The van der Waals surface area contributed by atoms with Gasteiger partial charge in [0.2, 0.25) is 0 Å². The molecular weight excluding hydrogens is 282 g/mol. The topological polar surface area (TPSA) is 23.5 Å². The molecule has 0 aromatic heterocycles. The fourth-order valence-electron chi connectivity index (χ4n) is 3.80. The Morgan fingerprint density at radius 3 is 2.26 bits per heavy atom. The van der Waals surface area contributed by atoms with E-state index in [1.807, 2.05) is 12.1 Å². The molecule has 1 saturated heterocycles. The first-order chi connectivity index (χ1) is 11.3. The molecule has 0 amide bonds. The Balaban J connectivity index is 1.65. The van der Waals surface area contributed by atoms with Crippen molar-refractivity contribution in [1.29, 1.82) is 0 Å². The van der Waals surface area contributed by atoms with Gasteiger partial charge >= 0.3 is 0 Å². The summed E-state index contributed by atoms with van der Waals surface area (Å²) in [6.45, 7) is 4.59. The number of nitrogens with zero attached hydrogens (tertiary/aromatic N) is 1. The maximum absolute atomic E-state index is 9.45. The Hall–Kier alpha value is -1.80. The van der Waals surface area contributed by atoms with Crippen molar-refractivity contribution in [1.82, 2.24) is 4.90 Å². The summed E-state index contributed by atoms with van der Waals surface area (Å²) in [6.07, 6.45) is 4.86. The number of piperidine rings is 1. The van der Waals surface area contributed by atoms with E-state index in [2.05, 4.69) is 54.3 Å². The summed E-state index contributed by atoms with van der Waals surface area (Å²) >= 11 is 0. The average molecular weight is 309 g/mol. The van der Waals surface area contributed by atoms with Crippen LogP contribution < -0.4 is 0 Å². The van der Waals surface area contributed by atoms with Crippen molar-refractivity contribution in [3.63, 3.8) is 0 Å². The lowest BCUT2D eigenvalue weighted by atomic mass is 9.87. The molecule has 0 spiro atoms. The van der Waals surface area contributed by atoms with E-state index in [9.17, 15) is 5.11 Å².